The summed E-state index contributed by atoms with van der Waals surface area (Å²) in [6.07, 6.45) is 0.666. The van der Waals surface area contributed by atoms with Crippen LogP contribution in [0.15, 0.2) is 46.2 Å². The predicted octanol–water partition coefficient (Wildman–Crippen LogP) is 3.76. The molecular formula is C15H15N3OS2. The lowest BCUT2D eigenvalue weighted by molar-refractivity contribution is 0.410. The number of ether oxygens (including phenoxy) is 1. The van der Waals surface area contributed by atoms with Gasteiger partial charge in [-0.05, 0) is 28.5 Å². The summed E-state index contributed by atoms with van der Waals surface area (Å²) < 4.78 is 5.35. The lowest BCUT2D eigenvalue weighted by atomic mass is 10.1. The summed E-state index contributed by atoms with van der Waals surface area (Å²) in [6.45, 7) is 0. The maximum Gasteiger partial charge on any atom is 0.184 e. The molecule has 0 atom stereocenters. The van der Waals surface area contributed by atoms with Gasteiger partial charge in [0, 0.05) is 17.7 Å². The van der Waals surface area contributed by atoms with Crippen LogP contribution in [0.4, 0.5) is 0 Å². The number of nitrogens with one attached hydrogen (secondary N) is 1. The second-order valence-corrected chi connectivity index (χ2v) is 6.21. The van der Waals surface area contributed by atoms with Gasteiger partial charge in [0.05, 0.1) is 7.11 Å². The van der Waals surface area contributed by atoms with Crippen LogP contribution in [0.5, 0.6) is 5.75 Å². The molecule has 6 heteroatoms. The van der Waals surface area contributed by atoms with E-state index in [1.165, 1.54) is 5.56 Å². The summed E-state index contributed by atoms with van der Waals surface area (Å²) in [4.78, 5) is 4.52. The van der Waals surface area contributed by atoms with Gasteiger partial charge in [-0.25, -0.2) is 4.98 Å². The molecule has 0 radical (unpaired) electrons. The van der Waals surface area contributed by atoms with Crippen LogP contribution in [0.3, 0.4) is 0 Å². The van der Waals surface area contributed by atoms with E-state index in [-0.39, 0.29) is 0 Å². The van der Waals surface area contributed by atoms with Crippen molar-refractivity contribution in [1.29, 1.82) is 0 Å². The number of thioether (sulfide) groups is 1. The van der Waals surface area contributed by atoms with Crippen LogP contribution in [0, 0.1) is 0 Å². The molecule has 3 rings (SSSR count). The first kappa shape index (κ1) is 14.2. The minimum atomic E-state index is 0.666. The molecule has 0 fully saturated rings. The van der Waals surface area contributed by atoms with Crippen LogP contribution in [-0.4, -0.2) is 22.3 Å². The predicted molar refractivity (Wildman–Crippen MR) is 86.1 cm³/mol. The fraction of sp³-hybridized carbons (Fsp3) is 0.200. The van der Waals surface area contributed by atoms with Crippen molar-refractivity contribution in [2.24, 2.45) is 0 Å². The largest absolute Gasteiger partial charge is 0.496 e. The van der Waals surface area contributed by atoms with Crippen LogP contribution >= 0.6 is 23.1 Å². The van der Waals surface area contributed by atoms with Crippen LogP contribution in [0.25, 0.3) is 0 Å². The zero-order valence-corrected chi connectivity index (χ0v) is 13.2. The number of thiophene rings is 1. The summed E-state index contributed by atoms with van der Waals surface area (Å²) >= 11 is 3.38. The Labute approximate surface area is 131 Å². The number of benzene rings is 1. The van der Waals surface area contributed by atoms with E-state index < -0.39 is 0 Å². The van der Waals surface area contributed by atoms with Crippen molar-refractivity contribution < 1.29 is 4.74 Å². The zero-order valence-electron chi connectivity index (χ0n) is 11.6. The van der Waals surface area contributed by atoms with Crippen molar-refractivity contribution in [2.75, 3.05) is 7.11 Å². The van der Waals surface area contributed by atoms with Crippen molar-refractivity contribution in [1.82, 2.24) is 15.2 Å². The molecule has 21 heavy (non-hydrogen) atoms. The smallest absolute Gasteiger partial charge is 0.184 e. The minimum Gasteiger partial charge on any atom is -0.496 e. The van der Waals surface area contributed by atoms with Gasteiger partial charge in [-0.3, -0.25) is 5.10 Å². The lowest BCUT2D eigenvalue weighted by Gasteiger charge is -2.05. The average molecular weight is 317 g/mol. The summed E-state index contributed by atoms with van der Waals surface area (Å²) in [5, 5.41) is 12.4. The molecule has 0 unspecified atom stereocenters. The third-order valence-electron chi connectivity index (χ3n) is 3.01. The van der Waals surface area contributed by atoms with Crippen LogP contribution in [-0.2, 0) is 12.2 Å². The van der Waals surface area contributed by atoms with Crippen LogP contribution < -0.4 is 4.74 Å². The van der Waals surface area contributed by atoms with Gasteiger partial charge >= 0.3 is 0 Å². The molecule has 108 valence electrons. The van der Waals surface area contributed by atoms with Gasteiger partial charge in [-0.2, -0.15) is 16.4 Å². The van der Waals surface area contributed by atoms with Gasteiger partial charge in [0.25, 0.3) is 0 Å². The molecule has 2 heterocycles. The number of nitrogens with zero attached hydrogens (tertiary/aromatic N) is 2. The van der Waals surface area contributed by atoms with Crippen LogP contribution in [0.1, 0.15) is 17.0 Å². The van der Waals surface area contributed by atoms with Gasteiger partial charge < -0.3 is 4.74 Å². The molecular weight excluding hydrogens is 302 g/mol. The van der Waals surface area contributed by atoms with Gasteiger partial charge in [-0.15, -0.1) is 0 Å². The Morgan fingerprint density at radius 2 is 2.19 bits per heavy atom. The molecule has 4 nitrogen and oxygen atoms in total. The summed E-state index contributed by atoms with van der Waals surface area (Å²) in [5.74, 6) is 2.56. The second kappa shape index (κ2) is 6.78. The molecule has 0 bridgehead atoms. The highest BCUT2D eigenvalue weighted by molar-refractivity contribution is 7.98. The minimum absolute atomic E-state index is 0.666. The van der Waals surface area contributed by atoms with E-state index in [1.54, 1.807) is 30.2 Å². The Morgan fingerprint density at radius 1 is 1.29 bits per heavy atom. The highest BCUT2D eigenvalue weighted by Gasteiger charge is 2.08. The van der Waals surface area contributed by atoms with E-state index in [4.69, 9.17) is 4.74 Å². The Hall–Kier alpha value is -1.79. The van der Waals surface area contributed by atoms with Crippen molar-refractivity contribution >= 4 is 23.1 Å². The Morgan fingerprint density at radius 3 is 3.00 bits per heavy atom. The molecule has 0 saturated carbocycles. The van der Waals surface area contributed by atoms with Crippen LogP contribution in [0.2, 0.25) is 0 Å². The normalized spacial score (nSPS) is 10.7. The maximum atomic E-state index is 5.35. The van der Waals surface area contributed by atoms with Crippen molar-refractivity contribution in [2.45, 2.75) is 17.3 Å². The lowest BCUT2D eigenvalue weighted by Crippen LogP contribution is -1.95. The van der Waals surface area contributed by atoms with Gasteiger partial charge in [0.1, 0.15) is 5.75 Å². The van der Waals surface area contributed by atoms with E-state index in [1.807, 2.05) is 24.3 Å². The third-order valence-corrected chi connectivity index (χ3v) is 4.67. The molecule has 0 aliphatic carbocycles. The number of hydrogen-bond acceptors (Lipinski definition) is 5. The molecule has 1 aromatic carbocycles. The standard InChI is InChI=1S/C15H15N3OS2/c1-19-13-5-3-2-4-12(13)8-14-16-15(18-17-14)21-10-11-6-7-20-9-11/h2-7,9H,8,10H2,1H3,(H,16,17,18). The third kappa shape index (κ3) is 3.65. The van der Waals surface area contributed by atoms with E-state index in [0.29, 0.717) is 6.42 Å². The van der Waals surface area contributed by atoms with Gasteiger partial charge in [-0.1, -0.05) is 30.0 Å². The summed E-state index contributed by atoms with van der Waals surface area (Å²) in [6, 6.07) is 10.1. The average Bonchev–Trinajstić information content (AvgIpc) is 3.17. The quantitative estimate of drug-likeness (QED) is 0.703. The number of rotatable bonds is 6. The Balaban J connectivity index is 1.64. The molecule has 0 aliphatic heterocycles. The van der Waals surface area contributed by atoms with E-state index in [9.17, 15) is 0 Å². The topological polar surface area (TPSA) is 50.8 Å². The fourth-order valence-electron chi connectivity index (χ4n) is 1.97. The SMILES string of the molecule is COc1ccccc1Cc1n[nH]c(SCc2ccsc2)n1. The molecule has 0 saturated heterocycles. The van der Waals surface area contributed by atoms with Gasteiger partial charge in [0.15, 0.2) is 11.0 Å². The molecule has 2 aromatic heterocycles. The maximum absolute atomic E-state index is 5.35. The first-order chi connectivity index (χ1) is 10.3. The highest BCUT2D eigenvalue weighted by atomic mass is 32.2. The van der Waals surface area contributed by atoms with Crippen molar-refractivity contribution in [3.63, 3.8) is 0 Å². The first-order valence-electron chi connectivity index (χ1n) is 6.52. The first-order valence-corrected chi connectivity index (χ1v) is 8.45. The van der Waals surface area contributed by atoms with E-state index >= 15 is 0 Å². The Bertz CT molecular complexity index is 695. The van der Waals surface area contributed by atoms with E-state index in [2.05, 4.69) is 32.0 Å². The number of methoxy groups -OCH3 is 1. The molecule has 1 N–H and O–H groups in total. The Kier molecular flexibility index (Phi) is 4.57. The number of hydrogen-bond donors (Lipinski definition) is 1. The molecule has 0 spiro atoms. The van der Waals surface area contributed by atoms with E-state index in [0.717, 1.165) is 28.0 Å². The summed E-state index contributed by atoms with van der Waals surface area (Å²) in [7, 11) is 1.68. The second-order valence-electron chi connectivity index (χ2n) is 4.47. The monoisotopic (exact) mass is 317 g/mol. The number of H-pyrrole nitrogens is 1. The summed E-state index contributed by atoms with van der Waals surface area (Å²) in [5.41, 5.74) is 2.40. The fourth-order valence-corrected chi connectivity index (χ4v) is 3.51. The van der Waals surface area contributed by atoms with Crippen molar-refractivity contribution in [3.05, 3.63) is 58.0 Å². The number of aromatic amines is 1. The highest BCUT2D eigenvalue weighted by Crippen LogP contribution is 2.23. The zero-order chi connectivity index (χ0) is 14.5. The molecule has 0 amide bonds. The molecule has 3 aromatic rings. The number of aromatic nitrogens is 3. The molecule has 0 aliphatic rings. The van der Waals surface area contributed by atoms with Gasteiger partial charge in [0.2, 0.25) is 0 Å². The number of para-hydroxylation sites is 1. The van der Waals surface area contributed by atoms with Crippen molar-refractivity contribution in [3.8, 4) is 5.75 Å².